The molecule has 2 aliphatic heterocycles. The largest absolute Gasteiger partial charge is 0.497 e. The summed E-state index contributed by atoms with van der Waals surface area (Å²) in [6, 6.07) is 14.2. The van der Waals surface area contributed by atoms with E-state index in [2.05, 4.69) is 0 Å². The summed E-state index contributed by atoms with van der Waals surface area (Å²) in [4.78, 5) is 15.6. The van der Waals surface area contributed by atoms with Gasteiger partial charge >= 0.3 is 0 Å². The van der Waals surface area contributed by atoms with E-state index in [0.717, 1.165) is 37.0 Å². The highest BCUT2D eigenvalue weighted by Crippen LogP contribution is 2.32. The fraction of sp³-hybridized carbons (Fsp3) is 0.458. The third-order valence-corrected chi connectivity index (χ3v) is 8.10. The minimum absolute atomic E-state index is 0.0459. The Morgan fingerprint density at radius 2 is 1.75 bits per heavy atom. The van der Waals surface area contributed by atoms with Gasteiger partial charge < -0.3 is 14.4 Å². The number of sulfonamides is 1. The lowest BCUT2D eigenvalue weighted by Crippen LogP contribution is -2.40. The van der Waals surface area contributed by atoms with Gasteiger partial charge in [0, 0.05) is 25.2 Å². The third kappa shape index (κ3) is 4.82. The molecule has 2 fully saturated rings. The fourth-order valence-corrected chi connectivity index (χ4v) is 5.87. The third-order valence-electron chi connectivity index (χ3n) is 6.20. The first kappa shape index (κ1) is 22.8. The molecule has 0 N–H and O–H groups in total. The van der Waals surface area contributed by atoms with Crippen molar-refractivity contribution in [1.82, 2.24) is 9.21 Å². The molecule has 32 heavy (non-hydrogen) atoms. The van der Waals surface area contributed by atoms with Crippen molar-refractivity contribution in [2.75, 3.05) is 40.0 Å². The van der Waals surface area contributed by atoms with Gasteiger partial charge in [-0.1, -0.05) is 31.0 Å². The van der Waals surface area contributed by atoms with Gasteiger partial charge in [-0.2, -0.15) is 4.31 Å². The summed E-state index contributed by atoms with van der Waals surface area (Å²) in [5.74, 6) is 0.646. The average Bonchev–Trinajstić information content (AvgIpc) is 3.10. The molecule has 2 heterocycles. The molecule has 1 amide bonds. The molecule has 7 nitrogen and oxygen atoms in total. The summed E-state index contributed by atoms with van der Waals surface area (Å²) in [5, 5.41) is 0. The highest BCUT2D eigenvalue weighted by atomic mass is 32.2. The van der Waals surface area contributed by atoms with Gasteiger partial charge in [0.05, 0.1) is 31.3 Å². The van der Waals surface area contributed by atoms with Crippen LogP contribution in [0, 0.1) is 0 Å². The second-order valence-corrected chi connectivity index (χ2v) is 10.1. The summed E-state index contributed by atoms with van der Waals surface area (Å²) >= 11 is 0. The van der Waals surface area contributed by atoms with E-state index in [4.69, 9.17) is 9.47 Å². The Morgan fingerprint density at radius 1 is 1.00 bits per heavy atom. The number of amides is 1. The molecule has 0 bridgehead atoms. The number of carbonyl (C=O) groups excluding carboxylic acids is 1. The molecule has 8 heteroatoms. The highest BCUT2D eigenvalue weighted by molar-refractivity contribution is 7.89. The minimum Gasteiger partial charge on any atom is -0.497 e. The zero-order valence-electron chi connectivity index (χ0n) is 18.4. The van der Waals surface area contributed by atoms with E-state index < -0.39 is 10.0 Å². The molecule has 172 valence electrons. The van der Waals surface area contributed by atoms with Gasteiger partial charge in [-0.3, -0.25) is 4.79 Å². The van der Waals surface area contributed by atoms with Crippen molar-refractivity contribution in [2.45, 2.75) is 36.6 Å². The lowest BCUT2D eigenvalue weighted by atomic mass is 10.00. The molecule has 2 aliphatic rings. The van der Waals surface area contributed by atoms with Crippen molar-refractivity contribution in [3.8, 4) is 5.75 Å². The lowest BCUT2D eigenvalue weighted by molar-refractivity contribution is 0.0680. The summed E-state index contributed by atoms with van der Waals surface area (Å²) in [7, 11) is -2.03. The number of rotatable bonds is 5. The van der Waals surface area contributed by atoms with Crippen LogP contribution in [0.25, 0.3) is 0 Å². The summed E-state index contributed by atoms with van der Waals surface area (Å²) in [6.45, 7) is 2.07. The standard InChI is InChI=1S/C24H30N2O5S/c1-30-21-11-9-19(10-12-21)23-8-3-2-4-13-26(23)24(27)20-6-5-7-22(18-20)32(28,29)25-14-16-31-17-15-25/h5-7,9-12,18,23H,2-4,8,13-17H2,1H3. The van der Waals surface area contributed by atoms with Crippen LogP contribution >= 0.6 is 0 Å². The van der Waals surface area contributed by atoms with Gasteiger partial charge in [-0.25, -0.2) is 8.42 Å². The molecule has 1 atom stereocenters. The molecule has 0 saturated carbocycles. The summed E-state index contributed by atoms with van der Waals surface area (Å²) < 4.78 is 38.1. The molecule has 2 saturated heterocycles. The Morgan fingerprint density at radius 3 is 2.47 bits per heavy atom. The van der Waals surface area contributed by atoms with Crippen molar-refractivity contribution in [1.29, 1.82) is 0 Å². The molecule has 0 radical (unpaired) electrons. The van der Waals surface area contributed by atoms with E-state index in [9.17, 15) is 13.2 Å². The predicted octanol–water partition coefficient (Wildman–Crippen LogP) is 3.47. The Hall–Kier alpha value is -2.42. The van der Waals surface area contributed by atoms with Crippen LogP contribution in [0.15, 0.2) is 53.4 Å². The predicted molar refractivity (Wildman–Crippen MR) is 121 cm³/mol. The van der Waals surface area contributed by atoms with E-state index >= 15 is 0 Å². The fourth-order valence-electron chi connectivity index (χ4n) is 4.42. The number of hydrogen-bond acceptors (Lipinski definition) is 5. The maximum absolute atomic E-state index is 13.6. The van der Waals surface area contributed by atoms with Crippen LogP contribution in [-0.2, 0) is 14.8 Å². The molecule has 0 spiro atoms. The first-order valence-corrected chi connectivity index (χ1v) is 12.6. The number of methoxy groups -OCH3 is 1. The number of hydrogen-bond donors (Lipinski definition) is 0. The van der Waals surface area contributed by atoms with Gasteiger partial charge in [0.15, 0.2) is 0 Å². The normalized spacial score (nSPS) is 20.5. The Kier molecular flexibility index (Phi) is 7.13. The SMILES string of the molecule is COc1ccc(C2CCCCCN2C(=O)c2cccc(S(=O)(=O)N3CCOCC3)c2)cc1. The van der Waals surface area contributed by atoms with E-state index in [1.54, 1.807) is 25.3 Å². The highest BCUT2D eigenvalue weighted by Gasteiger charge is 2.30. The summed E-state index contributed by atoms with van der Waals surface area (Å²) in [5.41, 5.74) is 1.47. The number of likely N-dealkylation sites (tertiary alicyclic amines) is 1. The second kappa shape index (κ2) is 10.0. The molecule has 1 unspecified atom stereocenters. The monoisotopic (exact) mass is 458 g/mol. The summed E-state index contributed by atoms with van der Waals surface area (Å²) in [6.07, 6.45) is 3.93. The van der Waals surface area contributed by atoms with Gasteiger partial charge in [0.2, 0.25) is 10.0 Å². The zero-order chi connectivity index (χ0) is 22.6. The molecule has 0 aromatic heterocycles. The van der Waals surface area contributed by atoms with Crippen LogP contribution in [0.3, 0.4) is 0 Å². The number of carbonyl (C=O) groups is 1. The maximum atomic E-state index is 13.6. The van der Waals surface area contributed by atoms with Crippen LogP contribution in [0.2, 0.25) is 0 Å². The zero-order valence-corrected chi connectivity index (χ0v) is 19.2. The van der Waals surface area contributed by atoms with Crippen molar-refractivity contribution in [3.05, 3.63) is 59.7 Å². The Balaban J connectivity index is 1.62. The van der Waals surface area contributed by atoms with Crippen LogP contribution in [0.5, 0.6) is 5.75 Å². The number of benzene rings is 2. The molecule has 0 aliphatic carbocycles. The molecular formula is C24H30N2O5S. The van der Waals surface area contributed by atoms with Crippen LogP contribution < -0.4 is 4.74 Å². The molecule has 2 aromatic carbocycles. The number of morpholine rings is 1. The minimum atomic E-state index is -3.66. The molecular weight excluding hydrogens is 428 g/mol. The smallest absolute Gasteiger partial charge is 0.254 e. The van der Waals surface area contributed by atoms with E-state index in [0.29, 0.717) is 38.4 Å². The van der Waals surface area contributed by atoms with Crippen molar-refractivity contribution >= 4 is 15.9 Å². The Labute approximate surface area is 190 Å². The van der Waals surface area contributed by atoms with Crippen molar-refractivity contribution in [2.24, 2.45) is 0 Å². The van der Waals surface area contributed by atoms with E-state index in [-0.39, 0.29) is 16.8 Å². The van der Waals surface area contributed by atoms with E-state index in [1.807, 2.05) is 29.2 Å². The number of ether oxygens (including phenoxy) is 2. The topological polar surface area (TPSA) is 76.2 Å². The molecule has 4 rings (SSSR count). The quantitative estimate of drug-likeness (QED) is 0.686. The van der Waals surface area contributed by atoms with Crippen molar-refractivity contribution in [3.63, 3.8) is 0 Å². The first-order valence-electron chi connectivity index (χ1n) is 11.1. The van der Waals surface area contributed by atoms with Gasteiger partial charge in [0.25, 0.3) is 5.91 Å². The maximum Gasteiger partial charge on any atom is 0.254 e. The molecule has 2 aromatic rings. The van der Waals surface area contributed by atoms with Gasteiger partial charge in [-0.15, -0.1) is 0 Å². The van der Waals surface area contributed by atoms with Crippen molar-refractivity contribution < 1.29 is 22.7 Å². The first-order chi connectivity index (χ1) is 15.5. The lowest BCUT2D eigenvalue weighted by Gasteiger charge is -2.31. The second-order valence-electron chi connectivity index (χ2n) is 8.18. The Bertz CT molecular complexity index is 1030. The van der Waals surface area contributed by atoms with Crippen LogP contribution in [-0.4, -0.2) is 63.5 Å². The van der Waals surface area contributed by atoms with Gasteiger partial charge in [-0.05, 0) is 48.7 Å². The number of nitrogens with zero attached hydrogens (tertiary/aromatic N) is 2. The average molecular weight is 459 g/mol. The van der Waals surface area contributed by atoms with Crippen LogP contribution in [0.1, 0.15) is 47.6 Å². The van der Waals surface area contributed by atoms with Gasteiger partial charge in [0.1, 0.15) is 5.75 Å². The van der Waals surface area contributed by atoms with E-state index in [1.165, 1.54) is 10.4 Å². The van der Waals surface area contributed by atoms with Crippen LogP contribution in [0.4, 0.5) is 0 Å².